The van der Waals surface area contributed by atoms with Gasteiger partial charge in [0, 0.05) is 25.0 Å². The number of hydrogen-bond acceptors (Lipinski definition) is 5. The molecule has 0 aliphatic carbocycles. The molecule has 1 amide bonds. The van der Waals surface area contributed by atoms with Crippen LogP contribution in [0.25, 0.3) is 5.57 Å². The van der Waals surface area contributed by atoms with Gasteiger partial charge in [-0.25, -0.2) is 4.79 Å². The van der Waals surface area contributed by atoms with E-state index in [0.717, 1.165) is 7.11 Å². The lowest BCUT2D eigenvalue weighted by Gasteiger charge is -2.33. The summed E-state index contributed by atoms with van der Waals surface area (Å²) < 4.78 is 89.3. The normalized spacial score (nSPS) is 13.7. The number of likely N-dealkylation sites (N-methyl/N-ethyl adjacent to an activating group) is 1. The fourth-order valence-corrected chi connectivity index (χ4v) is 5.01. The van der Waals surface area contributed by atoms with Crippen molar-refractivity contribution >= 4 is 23.7 Å². The molecule has 0 aliphatic heterocycles. The van der Waals surface area contributed by atoms with Crippen LogP contribution in [0.5, 0.6) is 0 Å². The maximum Gasteiger partial charge on any atom is 0.417 e. The van der Waals surface area contributed by atoms with E-state index >= 15 is 0 Å². The molecule has 0 saturated heterocycles. The Hall–Kier alpha value is -3.67. The van der Waals surface area contributed by atoms with E-state index in [1.165, 1.54) is 56.3 Å². The topological polar surface area (TPSA) is 75.7 Å². The molecule has 0 aliphatic rings. The summed E-state index contributed by atoms with van der Waals surface area (Å²) in [4.78, 5) is 39.3. The molecule has 0 heterocycles. The fraction of sp³-hybridized carbons (Fsp3) is 0.469. The zero-order valence-electron chi connectivity index (χ0n) is 25.4. The van der Waals surface area contributed by atoms with E-state index in [1.54, 1.807) is 6.07 Å². The summed E-state index contributed by atoms with van der Waals surface area (Å²) in [6, 6.07) is 10.3. The Labute approximate surface area is 253 Å². The first-order chi connectivity index (χ1) is 20.5. The smallest absolute Gasteiger partial charge is 0.417 e. The van der Waals surface area contributed by atoms with Crippen molar-refractivity contribution in [3.8, 4) is 0 Å². The lowest BCUT2D eigenvalue weighted by molar-refractivity contribution is -0.224. The molecule has 0 spiro atoms. The molecular weight excluding hydrogens is 590 g/mol. The van der Waals surface area contributed by atoms with Gasteiger partial charge in [0.05, 0.1) is 12.7 Å². The second kappa shape index (κ2) is 15.4. The molecular formula is C32H38F6N2O4. The van der Waals surface area contributed by atoms with Crippen LogP contribution in [0.4, 0.5) is 26.3 Å². The maximum atomic E-state index is 14.3. The highest BCUT2D eigenvalue weighted by atomic mass is 19.4. The molecule has 0 saturated carbocycles. The van der Waals surface area contributed by atoms with Crippen molar-refractivity contribution in [2.75, 3.05) is 27.7 Å². The molecule has 0 aromatic heterocycles. The van der Waals surface area contributed by atoms with Crippen molar-refractivity contribution in [2.24, 2.45) is 5.41 Å². The number of nitrogens with zero attached hydrogens (tertiary/aromatic N) is 1. The van der Waals surface area contributed by atoms with Gasteiger partial charge < -0.3 is 15.0 Å². The minimum Gasteiger partial charge on any atom is -0.467 e. The summed E-state index contributed by atoms with van der Waals surface area (Å²) in [5.41, 5.74) is -3.18. The van der Waals surface area contributed by atoms with Crippen molar-refractivity contribution in [1.82, 2.24) is 10.2 Å². The number of carbonyl (C=O) groups excluding carboxylic acids is 3. The van der Waals surface area contributed by atoms with E-state index in [9.17, 15) is 40.7 Å². The van der Waals surface area contributed by atoms with Crippen LogP contribution in [0, 0.1) is 5.41 Å². The molecule has 2 aromatic carbocycles. The minimum absolute atomic E-state index is 0.152. The number of carbonyl (C=O) groups is 3. The minimum atomic E-state index is -4.87. The Morgan fingerprint density at radius 1 is 0.932 bits per heavy atom. The van der Waals surface area contributed by atoms with Crippen LogP contribution in [-0.4, -0.2) is 69.2 Å². The molecule has 44 heavy (non-hydrogen) atoms. The van der Waals surface area contributed by atoms with Crippen LogP contribution in [0.1, 0.15) is 48.9 Å². The van der Waals surface area contributed by atoms with E-state index in [4.69, 9.17) is 4.74 Å². The Balaban J connectivity index is 2.45. The largest absolute Gasteiger partial charge is 0.467 e. The van der Waals surface area contributed by atoms with Gasteiger partial charge in [-0.2, -0.15) is 26.3 Å². The number of rotatable bonds is 14. The van der Waals surface area contributed by atoms with Crippen molar-refractivity contribution in [3.63, 3.8) is 0 Å². The molecule has 0 bridgehead atoms. The second-order valence-corrected chi connectivity index (χ2v) is 10.8. The van der Waals surface area contributed by atoms with E-state index < -0.39 is 66.1 Å². The maximum absolute atomic E-state index is 14.3. The molecule has 1 atom stereocenters. The number of aldehydes is 1. The van der Waals surface area contributed by atoms with Crippen LogP contribution in [-0.2, 0) is 38.4 Å². The van der Waals surface area contributed by atoms with Gasteiger partial charge in [-0.05, 0) is 55.6 Å². The van der Waals surface area contributed by atoms with Gasteiger partial charge in [-0.15, -0.1) is 0 Å². The van der Waals surface area contributed by atoms with E-state index in [1.807, 2.05) is 19.0 Å². The molecule has 12 heteroatoms. The summed E-state index contributed by atoms with van der Waals surface area (Å²) in [6.07, 6.45) is -10.9. The third-order valence-corrected chi connectivity index (χ3v) is 7.61. The Kier molecular flexibility index (Phi) is 12.8. The van der Waals surface area contributed by atoms with Gasteiger partial charge >= 0.3 is 18.3 Å². The zero-order chi connectivity index (χ0) is 33.3. The Morgan fingerprint density at radius 3 is 2.05 bits per heavy atom. The predicted octanol–water partition coefficient (Wildman–Crippen LogP) is 6.12. The van der Waals surface area contributed by atoms with E-state index in [-0.39, 0.29) is 23.8 Å². The van der Waals surface area contributed by atoms with Crippen LogP contribution in [0.15, 0.2) is 54.1 Å². The predicted molar refractivity (Wildman–Crippen MR) is 155 cm³/mol. The number of allylic oxidation sites excluding steroid dienone is 2. The summed E-state index contributed by atoms with van der Waals surface area (Å²) in [5, 5.41) is 2.17. The fourth-order valence-electron chi connectivity index (χ4n) is 5.01. The third kappa shape index (κ3) is 9.17. The number of alkyl halides is 6. The van der Waals surface area contributed by atoms with Crippen LogP contribution >= 0.6 is 0 Å². The summed E-state index contributed by atoms with van der Waals surface area (Å²) >= 11 is 0. The summed E-state index contributed by atoms with van der Waals surface area (Å²) in [5.74, 6) is -2.37. The van der Waals surface area contributed by atoms with Crippen molar-refractivity contribution in [2.45, 2.75) is 64.3 Å². The highest BCUT2D eigenvalue weighted by Crippen LogP contribution is 2.44. The van der Waals surface area contributed by atoms with E-state index in [0.29, 0.717) is 24.1 Å². The first-order valence-corrected chi connectivity index (χ1v) is 14.1. The summed E-state index contributed by atoms with van der Waals surface area (Å²) in [7, 11) is 4.71. The third-order valence-electron chi connectivity index (χ3n) is 7.61. The quantitative estimate of drug-likeness (QED) is 0.118. The van der Waals surface area contributed by atoms with Gasteiger partial charge in [-0.3, -0.25) is 9.59 Å². The lowest BCUT2D eigenvalue weighted by Crippen LogP contribution is -2.55. The summed E-state index contributed by atoms with van der Waals surface area (Å²) in [6.45, 7) is 3.06. The second-order valence-electron chi connectivity index (χ2n) is 10.8. The number of hydrogen-bond donors (Lipinski definition) is 1. The molecule has 0 unspecified atom stereocenters. The number of esters is 1. The highest BCUT2D eigenvalue weighted by Gasteiger charge is 2.58. The highest BCUT2D eigenvalue weighted by molar-refractivity contribution is 5.91. The molecule has 2 rings (SSSR count). The monoisotopic (exact) mass is 628 g/mol. The van der Waals surface area contributed by atoms with Gasteiger partial charge in [0.25, 0.3) is 0 Å². The standard InChI is InChI=1S/C32H38F6N2O4/c1-6-30(7-2,32(36,37)38)29(43)39-26(28(42)44-5)19-23-12-8-11-22(16-23)18-25(20-41)27(31(33,34)35)24-13-9-10-21(17-24)14-15-40(3)4/h8-13,16-17,20,26H,6-7,14-15,18-19H2,1-5H3,(H,39,43)/b27-25+/t26-/m0/s1. The first-order valence-electron chi connectivity index (χ1n) is 14.1. The Morgan fingerprint density at radius 2 is 1.52 bits per heavy atom. The van der Waals surface area contributed by atoms with Gasteiger partial charge in [-0.1, -0.05) is 62.4 Å². The van der Waals surface area contributed by atoms with Crippen LogP contribution in [0.3, 0.4) is 0 Å². The number of nitrogens with one attached hydrogen (secondary N) is 1. The average Bonchev–Trinajstić information content (AvgIpc) is 2.94. The SMILES string of the molecule is CCC(CC)(C(=O)N[C@@H](Cc1cccc(C/C(C=O)=C(/c2cccc(CCN(C)C)c2)C(F)(F)F)c1)C(=O)OC)C(F)(F)F. The molecule has 0 fully saturated rings. The van der Waals surface area contributed by atoms with Crippen molar-refractivity contribution in [3.05, 3.63) is 76.4 Å². The molecule has 2 aromatic rings. The van der Waals surface area contributed by atoms with Crippen molar-refractivity contribution in [1.29, 1.82) is 0 Å². The molecule has 242 valence electrons. The molecule has 1 N–H and O–H groups in total. The number of halogens is 6. The molecule has 6 nitrogen and oxygen atoms in total. The average molecular weight is 629 g/mol. The van der Waals surface area contributed by atoms with Crippen LogP contribution in [0.2, 0.25) is 0 Å². The number of amides is 1. The van der Waals surface area contributed by atoms with Crippen LogP contribution < -0.4 is 5.32 Å². The van der Waals surface area contributed by atoms with Gasteiger partial charge in [0.1, 0.15) is 17.7 Å². The first kappa shape index (κ1) is 36.5. The van der Waals surface area contributed by atoms with Gasteiger partial charge in [0.15, 0.2) is 0 Å². The van der Waals surface area contributed by atoms with Gasteiger partial charge in [0.2, 0.25) is 5.91 Å². The zero-order valence-corrected chi connectivity index (χ0v) is 25.4. The van der Waals surface area contributed by atoms with E-state index in [2.05, 4.69) is 5.32 Å². The lowest BCUT2D eigenvalue weighted by atomic mass is 9.80. The number of methoxy groups -OCH3 is 1. The number of ether oxygens (including phenoxy) is 1. The molecule has 0 radical (unpaired) electrons. The number of benzene rings is 2. The Bertz CT molecular complexity index is 1330. The van der Waals surface area contributed by atoms with Crippen molar-refractivity contribution < 1.29 is 45.5 Å².